The highest BCUT2D eigenvalue weighted by molar-refractivity contribution is 5.34. The Morgan fingerprint density at radius 1 is 1.38 bits per heavy atom. The van der Waals surface area contributed by atoms with E-state index in [0.717, 1.165) is 12.8 Å². The summed E-state index contributed by atoms with van der Waals surface area (Å²) >= 11 is 0. The molecule has 1 rings (SSSR count). The minimum Gasteiger partial charge on any atom is -0.258 e. The molecule has 0 saturated heterocycles. The maximum absolute atomic E-state index is 10.5. The van der Waals surface area contributed by atoms with Gasteiger partial charge in [-0.2, -0.15) is 0 Å². The third-order valence-electron chi connectivity index (χ3n) is 2.72. The Kier molecular flexibility index (Phi) is 4.70. The topological polar surface area (TPSA) is 43.1 Å². The molecule has 0 N–H and O–H groups in total. The summed E-state index contributed by atoms with van der Waals surface area (Å²) in [5.41, 5.74) is 1.33. The Morgan fingerprint density at radius 2 is 2.00 bits per heavy atom. The van der Waals surface area contributed by atoms with Gasteiger partial charge in [0.2, 0.25) is 0 Å². The van der Waals surface area contributed by atoms with Crippen LogP contribution in [0.4, 0.5) is 5.69 Å². The first kappa shape index (κ1) is 12.4. The van der Waals surface area contributed by atoms with E-state index >= 15 is 0 Å². The largest absolute Gasteiger partial charge is 0.269 e. The van der Waals surface area contributed by atoms with Crippen LogP contribution in [0.15, 0.2) is 36.4 Å². The van der Waals surface area contributed by atoms with Gasteiger partial charge >= 0.3 is 0 Å². The number of hydrogen-bond donors (Lipinski definition) is 0. The summed E-state index contributed by atoms with van der Waals surface area (Å²) < 4.78 is 0. The van der Waals surface area contributed by atoms with Crippen molar-refractivity contribution in [3.8, 4) is 0 Å². The molecular weight excluding hydrogens is 202 g/mol. The molecule has 86 valence electrons. The molecule has 0 aromatic heterocycles. The quantitative estimate of drug-likeness (QED) is 0.426. The molecule has 1 unspecified atom stereocenters. The Morgan fingerprint density at radius 3 is 2.44 bits per heavy atom. The molecule has 0 saturated carbocycles. The average Bonchev–Trinajstić information content (AvgIpc) is 2.30. The summed E-state index contributed by atoms with van der Waals surface area (Å²) in [5, 5.41) is 10.5. The molecule has 1 aromatic carbocycles. The molecule has 1 atom stereocenters. The van der Waals surface area contributed by atoms with E-state index in [0.29, 0.717) is 5.92 Å². The van der Waals surface area contributed by atoms with E-state index in [1.54, 1.807) is 12.1 Å². The average molecular weight is 219 g/mol. The maximum Gasteiger partial charge on any atom is 0.269 e. The fraction of sp³-hybridized carbons (Fsp3) is 0.385. The molecule has 0 fully saturated rings. The van der Waals surface area contributed by atoms with E-state index in [-0.39, 0.29) is 10.6 Å². The first-order valence-electron chi connectivity index (χ1n) is 5.54. The lowest BCUT2D eigenvalue weighted by Crippen LogP contribution is -1.96. The SMILES string of the molecule is C/C=C\CC(CC)c1ccc([N+](=O)[O-])cc1. The van der Waals surface area contributed by atoms with E-state index in [2.05, 4.69) is 13.0 Å². The minimum atomic E-state index is -0.364. The van der Waals surface area contributed by atoms with Crippen molar-refractivity contribution in [2.45, 2.75) is 32.6 Å². The highest BCUT2D eigenvalue weighted by Gasteiger charge is 2.10. The van der Waals surface area contributed by atoms with Gasteiger partial charge in [-0.3, -0.25) is 10.1 Å². The van der Waals surface area contributed by atoms with Gasteiger partial charge in [0.15, 0.2) is 0 Å². The molecule has 0 bridgehead atoms. The van der Waals surface area contributed by atoms with Crippen LogP contribution in [-0.2, 0) is 0 Å². The van der Waals surface area contributed by atoms with Gasteiger partial charge in [-0.1, -0.05) is 31.2 Å². The van der Waals surface area contributed by atoms with Crippen molar-refractivity contribution in [1.29, 1.82) is 0 Å². The normalized spacial score (nSPS) is 12.9. The van der Waals surface area contributed by atoms with E-state index in [1.165, 1.54) is 5.56 Å². The van der Waals surface area contributed by atoms with Crippen LogP contribution < -0.4 is 0 Å². The Bertz CT molecular complexity index is 368. The van der Waals surface area contributed by atoms with Crippen LogP contribution >= 0.6 is 0 Å². The standard InChI is InChI=1S/C13H17NO2/c1-3-5-6-11(4-2)12-7-9-13(10-8-12)14(15)16/h3,5,7-11H,4,6H2,1-2H3/b5-3-. The number of nitrogens with zero attached hydrogens (tertiary/aromatic N) is 1. The van der Waals surface area contributed by atoms with Crippen molar-refractivity contribution in [2.75, 3.05) is 0 Å². The van der Waals surface area contributed by atoms with Crippen molar-refractivity contribution in [3.05, 3.63) is 52.1 Å². The number of hydrogen-bond acceptors (Lipinski definition) is 2. The van der Waals surface area contributed by atoms with Crippen molar-refractivity contribution in [3.63, 3.8) is 0 Å². The van der Waals surface area contributed by atoms with E-state index in [9.17, 15) is 10.1 Å². The number of nitro benzene ring substituents is 1. The van der Waals surface area contributed by atoms with Crippen LogP contribution in [-0.4, -0.2) is 4.92 Å². The van der Waals surface area contributed by atoms with Crippen LogP contribution in [0.1, 0.15) is 38.2 Å². The van der Waals surface area contributed by atoms with Gasteiger partial charge in [-0.15, -0.1) is 0 Å². The van der Waals surface area contributed by atoms with Gasteiger partial charge in [0, 0.05) is 12.1 Å². The molecule has 0 heterocycles. The molecule has 0 aliphatic heterocycles. The molecule has 0 aliphatic carbocycles. The summed E-state index contributed by atoms with van der Waals surface area (Å²) in [5.74, 6) is 0.456. The third kappa shape index (κ3) is 3.19. The van der Waals surface area contributed by atoms with Crippen LogP contribution in [0.5, 0.6) is 0 Å². The number of nitro groups is 1. The van der Waals surface area contributed by atoms with Crippen LogP contribution in [0.2, 0.25) is 0 Å². The minimum absolute atomic E-state index is 0.157. The lowest BCUT2D eigenvalue weighted by molar-refractivity contribution is -0.384. The first-order chi connectivity index (χ1) is 7.69. The maximum atomic E-state index is 10.5. The van der Waals surface area contributed by atoms with E-state index in [1.807, 2.05) is 25.1 Å². The highest BCUT2D eigenvalue weighted by atomic mass is 16.6. The third-order valence-corrected chi connectivity index (χ3v) is 2.72. The van der Waals surface area contributed by atoms with Crippen molar-refractivity contribution >= 4 is 5.69 Å². The van der Waals surface area contributed by atoms with Gasteiger partial charge in [-0.05, 0) is 31.2 Å². The Hall–Kier alpha value is -1.64. The summed E-state index contributed by atoms with van der Waals surface area (Å²) in [4.78, 5) is 10.2. The first-order valence-corrected chi connectivity index (χ1v) is 5.54. The van der Waals surface area contributed by atoms with Gasteiger partial charge < -0.3 is 0 Å². The Balaban J connectivity index is 2.81. The number of allylic oxidation sites excluding steroid dienone is 2. The van der Waals surface area contributed by atoms with Crippen molar-refractivity contribution in [1.82, 2.24) is 0 Å². The second-order valence-electron chi connectivity index (χ2n) is 3.76. The van der Waals surface area contributed by atoms with Gasteiger partial charge in [0.1, 0.15) is 0 Å². The molecule has 3 nitrogen and oxygen atoms in total. The van der Waals surface area contributed by atoms with Gasteiger partial charge in [-0.25, -0.2) is 0 Å². The predicted octanol–water partition coefficient (Wildman–Crippen LogP) is 4.05. The summed E-state index contributed by atoms with van der Waals surface area (Å²) in [6, 6.07) is 6.87. The smallest absolute Gasteiger partial charge is 0.258 e. The van der Waals surface area contributed by atoms with E-state index < -0.39 is 0 Å². The molecule has 16 heavy (non-hydrogen) atoms. The number of non-ortho nitro benzene ring substituents is 1. The van der Waals surface area contributed by atoms with Crippen molar-refractivity contribution < 1.29 is 4.92 Å². The lowest BCUT2D eigenvalue weighted by atomic mass is 9.93. The van der Waals surface area contributed by atoms with Crippen LogP contribution in [0.3, 0.4) is 0 Å². The molecule has 0 spiro atoms. The molecule has 0 amide bonds. The predicted molar refractivity (Wildman–Crippen MR) is 65.6 cm³/mol. The van der Waals surface area contributed by atoms with Gasteiger partial charge in [0.05, 0.1) is 4.92 Å². The molecule has 3 heteroatoms. The molecule has 0 radical (unpaired) electrons. The lowest BCUT2D eigenvalue weighted by Gasteiger charge is -2.12. The molecule has 1 aromatic rings. The van der Waals surface area contributed by atoms with E-state index in [4.69, 9.17) is 0 Å². The highest BCUT2D eigenvalue weighted by Crippen LogP contribution is 2.25. The summed E-state index contributed by atoms with van der Waals surface area (Å²) in [6.07, 6.45) is 6.20. The Labute approximate surface area is 95.9 Å². The molecule has 0 aliphatic rings. The second kappa shape index (κ2) is 6.05. The van der Waals surface area contributed by atoms with Gasteiger partial charge in [0.25, 0.3) is 5.69 Å². The monoisotopic (exact) mass is 219 g/mol. The fourth-order valence-electron chi connectivity index (χ4n) is 1.71. The van der Waals surface area contributed by atoms with Crippen LogP contribution in [0, 0.1) is 10.1 Å². The molecular formula is C13H17NO2. The van der Waals surface area contributed by atoms with Crippen molar-refractivity contribution in [2.24, 2.45) is 0 Å². The zero-order valence-corrected chi connectivity index (χ0v) is 9.72. The summed E-state index contributed by atoms with van der Waals surface area (Å²) in [6.45, 7) is 4.14. The second-order valence-corrected chi connectivity index (χ2v) is 3.76. The number of rotatable bonds is 5. The summed E-state index contributed by atoms with van der Waals surface area (Å²) in [7, 11) is 0. The zero-order chi connectivity index (χ0) is 12.0. The van der Waals surface area contributed by atoms with Crippen LogP contribution in [0.25, 0.3) is 0 Å². The number of benzene rings is 1. The zero-order valence-electron chi connectivity index (χ0n) is 9.72. The fourth-order valence-corrected chi connectivity index (χ4v) is 1.71.